The van der Waals surface area contributed by atoms with E-state index in [0.717, 1.165) is 13.1 Å². The van der Waals surface area contributed by atoms with Gasteiger partial charge in [0.05, 0.1) is 43.4 Å². The number of hydrogen-bond acceptors (Lipinski definition) is 5. The average Bonchev–Trinajstić information content (AvgIpc) is 3.02. The van der Waals surface area contributed by atoms with Gasteiger partial charge >= 0.3 is 0 Å². The van der Waals surface area contributed by atoms with Crippen LogP contribution >= 0.6 is 11.6 Å². The highest BCUT2D eigenvalue weighted by molar-refractivity contribution is 6.32. The summed E-state index contributed by atoms with van der Waals surface area (Å²) < 4.78 is 19.1. The molecule has 0 spiro atoms. The Hall–Kier alpha value is -1.74. The predicted octanol–water partition coefficient (Wildman–Crippen LogP) is 1.24. The van der Waals surface area contributed by atoms with Crippen molar-refractivity contribution in [2.24, 2.45) is 0 Å². The largest absolute Gasteiger partial charge is 0.379 e. The SMILES string of the molecule is CC1Cc2c(ccc(F)c2Cl)N1C(=O)CC1NC(=O)CC(N2CCOCC2)N1. The number of halogens is 2. The van der Waals surface area contributed by atoms with Gasteiger partial charge in [-0.2, -0.15) is 0 Å². The second-order valence-electron chi connectivity index (χ2n) is 7.54. The number of carbonyl (C=O) groups is 2. The Morgan fingerprint density at radius 3 is 2.82 bits per heavy atom. The number of rotatable bonds is 3. The molecule has 1 aromatic carbocycles. The molecule has 7 nitrogen and oxygen atoms in total. The zero-order chi connectivity index (χ0) is 19.8. The molecular weight excluding hydrogens is 387 g/mol. The minimum Gasteiger partial charge on any atom is -0.379 e. The molecule has 3 aliphatic heterocycles. The Morgan fingerprint density at radius 2 is 2.07 bits per heavy atom. The lowest BCUT2D eigenvalue weighted by Gasteiger charge is -2.40. The van der Waals surface area contributed by atoms with Crippen molar-refractivity contribution in [2.45, 2.75) is 44.6 Å². The lowest BCUT2D eigenvalue weighted by molar-refractivity contribution is -0.128. The van der Waals surface area contributed by atoms with Gasteiger partial charge in [0.1, 0.15) is 5.82 Å². The van der Waals surface area contributed by atoms with Crippen molar-refractivity contribution >= 4 is 29.1 Å². The van der Waals surface area contributed by atoms with Gasteiger partial charge in [-0.05, 0) is 31.0 Å². The summed E-state index contributed by atoms with van der Waals surface area (Å²) in [6.45, 7) is 4.71. The van der Waals surface area contributed by atoms with Crippen molar-refractivity contribution in [2.75, 3.05) is 31.2 Å². The van der Waals surface area contributed by atoms with Gasteiger partial charge in [-0.3, -0.25) is 19.8 Å². The molecule has 28 heavy (non-hydrogen) atoms. The molecule has 2 amide bonds. The van der Waals surface area contributed by atoms with Crippen molar-refractivity contribution in [1.29, 1.82) is 0 Å². The van der Waals surface area contributed by atoms with E-state index in [-0.39, 0.29) is 35.5 Å². The smallest absolute Gasteiger partial charge is 0.230 e. The minimum absolute atomic E-state index is 0.0759. The fraction of sp³-hybridized carbons (Fsp3) is 0.579. The van der Waals surface area contributed by atoms with Gasteiger partial charge in [0.25, 0.3) is 0 Å². The summed E-state index contributed by atoms with van der Waals surface area (Å²) in [6, 6.07) is 2.77. The van der Waals surface area contributed by atoms with Gasteiger partial charge in [-0.25, -0.2) is 4.39 Å². The lowest BCUT2D eigenvalue weighted by atomic mass is 10.1. The van der Waals surface area contributed by atoms with Crippen LogP contribution in [0.3, 0.4) is 0 Å². The summed E-state index contributed by atoms with van der Waals surface area (Å²) in [4.78, 5) is 29.1. The first-order valence-electron chi connectivity index (χ1n) is 9.60. The van der Waals surface area contributed by atoms with E-state index in [9.17, 15) is 14.0 Å². The number of amides is 2. The monoisotopic (exact) mass is 410 g/mol. The maximum Gasteiger partial charge on any atom is 0.230 e. The molecule has 152 valence electrons. The van der Waals surface area contributed by atoms with Crippen LogP contribution in [0.25, 0.3) is 0 Å². The third-order valence-electron chi connectivity index (χ3n) is 5.61. The molecule has 4 rings (SSSR count). The molecule has 0 aromatic heterocycles. The van der Waals surface area contributed by atoms with E-state index in [1.807, 2.05) is 6.92 Å². The average molecular weight is 411 g/mol. The Kier molecular flexibility index (Phi) is 5.55. The number of fused-ring (bicyclic) bond motifs is 1. The molecular formula is C19H24ClFN4O3. The molecule has 0 saturated carbocycles. The molecule has 2 fully saturated rings. The van der Waals surface area contributed by atoms with Crippen LogP contribution in [-0.2, 0) is 20.7 Å². The quantitative estimate of drug-likeness (QED) is 0.784. The summed E-state index contributed by atoms with van der Waals surface area (Å²) in [6.07, 6.45) is 0.419. The Bertz CT molecular complexity index is 787. The van der Waals surface area contributed by atoms with Crippen molar-refractivity contribution in [3.05, 3.63) is 28.5 Å². The van der Waals surface area contributed by atoms with Crippen LogP contribution in [-0.4, -0.2) is 61.4 Å². The Labute approximate surface area is 168 Å². The fourth-order valence-electron chi connectivity index (χ4n) is 4.27. The summed E-state index contributed by atoms with van der Waals surface area (Å²) in [5, 5.41) is 6.31. The first kappa shape index (κ1) is 19.6. The van der Waals surface area contributed by atoms with Crippen LogP contribution in [0.5, 0.6) is 0 Å². The van der Waals surface area contributed by atoms with E-state index < -0.39 is 12.0 Å². The number of ether oxygens (including phenoxy) is 1. The number of carbonyl (C=O) groups excluding carboxylic acids is 2. The molecule has 1 aromatic rings. The summed E-state index contributed by atoms with van der Waals surface area (Å²) >= 11 is 6.09. The van der Waals surface area contributed by atoms with E-state index in [1.165, 1.54) is 6.07 Å². The fourth-order valence-corrected chi connectivity index (χ4v) is 4.51. The van der Waals surface area contributed by atoms with Crippen LogP contribution < -0.4 is 15.5 Å². The first-order valence-corrected chi connectivity index (χ1v) is 9.98. The Balaban J connectivity index is 1.46. The molecule has 0 aliphatic carbocycles. The number of benzene rings is 1. The number of nitrogens with one attached hydrogen (secondary N) is 2. The van der Waals surface area contributed by atoms with E-state index in [1.54, 1.807) is 11.0 Å². The van der Waals surface area contributed by atoms with E-state index in [0.29, 0.717) is 37.3 Å². The first-order chi connectivity index (χ1) is 13.4. The number of morpholine rings is 1. The number of anilines is 1. The van der Waals surface area contributed by atoms with Crippen LogP contribution in [0.1, 0.15) is 25.3 Å². The molecule has 3 heterocycles. The zero-order valence-electron chi connectivity index (χ0n) is 15.7. The van der Waals surface area contributed by atoms with Crippen molar-refractivity contribution in [3.8, 4) is 0 Å². The standard InChI is InChI=1S/C19H24ClFN4O3/c1-11-8-12-14(3-2-13(21)19(12)20)25(11)18(27)9-15-22-16(10-17(26)23-15)24-4-6-28-7-5-24/h2-3,11,15-16,22H,4-10H2,1H3,(H,23,26). The summed E-state index contributed by atoms with van der Waals surface area (Å²) in [5.41, 5.74) is 1.31. The van der Waals surface area contributed by atoms with Crippen molar-refractivity contribution < 1.29 is 18.7 Å². The van der Waals surface area contributed by atoms with Gasteiger partial charge in [-0.15, -0.1) is 0 Å². The van der Waals surface area contributed by atoms with Crippen molar-refractivity contribution in [3.63, 3.8) is 0 Å². The van der Waals surface area contributed by atoms with Gasteiger partial charge in [-0.1, -0.05) is 11.6 Å². The third kappa shape index (κ3) is 3.74. The topological polar surface area (TPSA) is 73.9 Å². The highest BCUT2D eigenvalue weighted by Crippen LogP contribution is 2.38. The Morgan fingerprint density at radius 1 is 1.32 bits per heavy atom. The number of nitrogens with zero attached hydrogens (tertiary/aromatic N) is 2. The van der Waals surface area contributed by atoms with Gasteiger partial charge in [0.2, 0.25) is 11.8 Å². The molecule has 3 unspecified atom stereocenters. The van der Waals surface area contributed by atoms with Crippen molar-refractivity contribution in [1.82, 2.24) is 15.5 Å². The molecule has 2 saturated heterocycles. The third-order valence-corrected chi connectivity index (χ3v) is 6.02. The molecule has 9 heteroatoms. The van der Waals surface area contributed by atoms with Crippen LogP contribution in [0.2, 0.25) is 5.02 Å². The lowest BCUT2D eigenvalue weighted by Crippen LogP contribution is -2.64. The normalized spacial score (nSPS) is 28.2. The van der Waals surface area contributed by atoms with Gasteiger partial charge in [0, 0.05) is 24.8 Å². The molecule has 2 N–H and O–H groups in total. The molecule has 3 atom stereocenters. The predicted molar refractivity (Wildman–Crippen MR) is 103 cm³/mol. The van der Waals surface area contributed by atoms with Gasteiger partial charge < -0.3 is 15.0 Å². The van der Waals surface area contributed by atoms with Gasteiger partial charge in [0.15, 0.2) is 0 Å². The number of hydrogen-bond donors (Lipinski definition) is 2. The zero-order valence-corrected chi connectivity index (χ0v) is 16.5. The molecule has 0 radical (unpaired) electrons. The van der Waals surface area contributed by atoms with Crippen LogP contribution in [0.4, 0.5) is 10.1 Å². The maximum atomic E-state index is 13.8. The minimum atomic E-state index is -0.475. The highest BCUT2D eigenvalue weighted by Gasteiger charge is 2.37. The second kappa shape index (κ2) is 7.94. The maximum absolute atomic E-state index is 13.8. The second-order valence-corrected chi connectivity index (χ2v) is 7.91. The van der Waals surface area contributed by atoms with Crippen LogP contribution in [0.15, 0.2) is 12.1 Å². The van der Waals surface area contributed by atoms with E-state index in [2.05, 4.69) is 15.5 Å². The summed E-state index contributed by atoms with van der Waals surface area (Å²) in [7, 11) is 0. The summed E-state index contributed by atoms with van der Waals surface area (Å²) in [5.74, 6) is -0.682. The van der Waals surface area contributed by atoms with E-state index >= 15 is 0 Å². The van der Waals surface area contributed by atoms with E-state index in [4.69, 9.17) is 16.3 Å². The highest BCUT2D eigenvalue weighted by atomic mass is 35.5. The molecule has 3 aliphatic rings. The molecule has 0 bridgehead atoms. The van der Waals surface area contributed by atoms with Crippen LogP contribution in [0, 0.1) is 5.82 Å².